The number of thioether (sulfide) groups is 2. The lowest BCUT2D eigenvalue weighted by atomic mass is 10.9. The van der Waals surface area contributed by atoms with E-state index in [1.165, 1.54) is 0 Å². The van der Waals surface area contributed by atoms with Gasteiger partial charge in [0.15, 0.2) is 0 Å². The minimum Gasteiger partial charge on any atom is -0.371 e. The molecule has 1 aliphatic heterocycles. The van der Waals surface area contributed by atoms with Crippen LogP contribution in [0.3, 0.4) is 0 Å². The van der Waals surface area contributed by atoms with Gasteiger partial charge in [-0.05, 0) is 13.1 Å². The molecule has 1 nitrogen and oxygen atoms in total. The lowest BCUT2D eigenvalue weighted by Crippen LogP contribution is -2.27. The van der Waals surface area contributed by atoms with Gasteiger partial charge in [-0.3, -0.25) is 0 Å². The van der Waals surface area contributed by atoms with Gasteiger partial charge in [0.1, 0.15) is 4.71 Å². The summed E-state index contributed by atoms with van der Waals surface area (Å²) in [6, 6.07) is 0. The highest BCUT2D eigenvalue weighted by Crippen LogP contribution is 2.44. The maximum atomic E-state index is 3.57. The monoisotopic (exact) mass is 147 g/mol. The van der Waals surface area contributed by atoms with Gasteiger partial charge in [-0.1, -0.05) is 6.58 Å². The third-order valence-corrected chi connectivity index (χ3v) is 3.75. The molecular formula is C5H9NS2. The van der Waals surface area contributed by atoms with Crippen molar-refractivity contribution >= 4 is 23.5 Å². The van der Waals surface area contributed by atoms with Crippen LogP contribution in [0.2, 0.25) is 0 Å². The molecule has 0 saturated carbocycles. The van der Waals surface area contributed by atoms with Crippen LogP contribution in [0.25, 0.3) is 0 Å². The molecule has 0 aliphatic carbocycles. The van der Waals surface area contributed by atoms with E-state index in [-0.39, 0.29) is 0 Å². The molecule has 3 heteroatoms. The predicted octanol–water partition coefficient (Wildman–Crippen LogP) is 1.83. The standard InChI is InChI=1S/C5H9NS2/c1-3-6-5-7-4(2)8-5/h3-6H,1H2,2H3. The molecular weight excluding hydrogens is 138 g/mol. The van der Waals surface area contributed by atoms with Crippen molar-refractivity contribution in [1.82, 2.24) is 5.32 Å². The molecule has 1 fully saturated rings. The van der Waals surface area contributed by atoms with E-state index in [2.05, 4.69) is 18.8 Å². The first-order valence-corrected chi connectivity index (χ1v) is 4.39. The second-order valence-electron chi connectivity index (χ2n) is 1.54. The molecule has 0 unspecified atom stereocenters. The van der Waals surface area contributed by atoms with E-state index in [9.17, 15) is 0 Å². The van der Waals surface area contributed by atoms with Gasteiger partial charge in [-0.25, -0.2) is 0 Å². The molecule has 1 saturated heterocycles. The maximum Gasteiger partial charge on any atom is 0.121 e. The van der Waals surface area contributed by atoms with Crippen molar-refractivity contribution in [3.8, 4) is 0 Å². The average molecular weight is 147 g/mol. The maximum absolute atomic E-state index is 3.57. The highest BCUT2D eigenvalue weighted by Gasteiger charge is 2.24. The highest BCUT2D eigenvalue weighted by atomic mass is 32.3. The fourth-order valence-corrected chi connectivity index (χ4v) is 2.93. The molecule has 1 rings (SSSR count). The Morgan fingerprint density at radius 1 is 1.62 bits per heavy atom. The summed E-state index contributed by atoms with van der Waals surface area (Å²) in [5.74, 6) is 0. The summed E-state index contributed by atoms with van der Waals surface area (Å²) in [7, 11) is 0. The number of hydrogen-bond donors (Lipinski definition) is 1. The van der Waals surface area contributed by atoms with Crippen molar-refractivity contribution in [3.63, 3.8) is 0 Å². The lowest BCUT2D eigenvalue weighted by Gasteiger charge is -2.30. The average Bonchev–Trinajstić information content (AvgIpc) is 1.64. The molecule has 0 amide bonds. The van der Waals surface area contributed by atoms with E-state index >= 15 is 0 Å². The zero-order valence-electron chi connectivity index (χ0n) is 4.76. The first-order chi connectivity index (χ1) is 3.83. The summed E-state index contributed by atoms with van der Waals surface area (Å²) < 4.78 is 1.34. The molecule has 1 aliphatic rings. The highest BCUT2D eigenvalue weighted by molar-refractivity contribution is 8.33. The number of nitrogens with one attached hydrogen (secondary N) is 1. The van der Waals surface area contributed by atoms with Gasteiger partial charge in [0.2, 0.25) is 0 Å². The zero-order valence-corrected chi connectivity index (χ0v) is 6.39. The molecule has 8 heavy (non-hydrogen) atoms. The molecule has 0 spiro atoms. The first-order valence-electron chi connectivity index (χ1n) is 2.51. The topological polar surface area (TPSA) is 12.0 Å². The zero-order chi connectivity index (χ0) is 5.98. The van der Waals surface area contributed by atoms with Crippen LogP contribution in [-0.4, -0.2) is 9.29 Å². The van der Waals surface area contributed by atoms with Crippen molar-refractivity contribution in [1.29, 1.82) is 0 Å². The van der Waals surface area contributed by atoms with E-state index in [1.807, 2.05) is 23.5 Å². The van der Waals surface area contributed by atoms with Crippen molar-refractivity contribution in [2.24, 2.45) is 0 Å². The Bertz CT molecular complexity index is 88.4. The molecule has 0 bridgehead atoms. The molecule has 0 aromatic heterocycles. The van der Waals surface area contributed by atoms with Crippen LogP contribution in [0.4, 0.5) is 0 Å². The van der Waals surface area contributed by atoms with Gasteiger partial charge < -0.3 is 5.32 Å². The van der Waals surface area contributed by atoms with Gasteiger partial charge in [0.05, 0.1) is 4.58 Å². The Morgan fingerprint density at radius 2 is 2.25 bits per heavy atom. The smallest absolute Gasteiger partial charge is 0.121 e. The van der Waals surface area contributed by atoms with Crippen LogP contribution in [0.15, 0.2) is 12.8 Å². The van der Waals surface area contributed by atoms with Crippen LogP contribution in [0, 0.1) is 0 Å². The van der Waals surface area contributed by atoms with E-state index in [4.69, 9.17) is 0 Å². The van der Waals surface area contributed by atoms with Crippen molar-refractivity contribution in [2.45, 2.75) is 16.2 Å². The van der Waals surface area contributed by atoms with Crippen molar-refractivity contribution in [2.75, 3.05) is 0 Å². The van der Waals surface area contributed by atoms with E-state index in [1.54, 1.807) is 6.20 Å². The molecule has 46 valence electrons. The summed E-state index contributed by atoms with van der Waals surface area (Å²) in [5, 5.41) is 3.10. The molecule has 1 heterocycles. The number of rotatable bonds is 2. The van der Waals surface area contributed by atoms with Gasteiger partial charge in [0.25, 0.3) is 0 Å². The summed E-state index contributed by atoms with van der Waals surface area (Å²) in [4.78, 5) is 0. The van der Waals surface area contributed by atoms with E-state index < -0.39 is 0 Å². The fraction of sp³-hybridized carbons (Fsp3) is 0.600. The molecule has 0 radical (unpaired) electrons. The second kappa shape index (κ2) is 2.69. The Hall–Kier alpha value is 0.240. The lowest BCUT2D eigenvalue weighted by molar-refractivity contribution is 0.988. The quantitative estimate of drug-likeness (QED) is 0.640. The Morgan fingerprint density at radius 3 is 2.62 bits per heavy atom. The SMILES string of the molecule is C=CNC1SC(C)S1. The number of hydrogen-bond acceptors (Lipinski definition) is 3. The van der Waals surface area contributed by atoms with E-state index in [0.717, 1.165) is 4.58 Å². The Balaban J connectivity index is 2.06. The fourth-order valence-electron chi connectivity index (χ4n) is 0.533. The first kappa shape index (κ1) is 6.36. The van der Waals surface area contributed by atoms with Crippen molar-refractivity contribution in [3.05, 3.63) is 12.8 Å². The van der Waals surface area contributed by atoms with Crippen LogP contribution in [0.5, 0.6) is 0 Å². The van der Waals surface area contributed by atoms with Gasteiger partial charge >= 0.3 is 0 Å². The van der Waals surface area contributed by atoms with E-state index in [0.29, 0.717) is 4.71 Å². The normalized spacial score (nSPS) is 35.6. The molecule has 0 aromatic rings. The van der Waals surface area contributed by atoms with Crippen LogP contribution in [-0.2, 0) is 0 Å². The third-order valence-electron chi connectivity index (χ3n) is 0.884. The molecule has 1 N–H and O–H groups in total. The van der Waals surface area contributed by atoms with Gasteiger partial charge in [0, 0.05) is 0 Å². The Labute approximate surface area is 58.3 Å². The molecule has 0 atom stereocenters. The summed E-state index contributed by atoms with van der Waals surface area (Å²) >= 11 is 3.87. The summed E-state index contributed by atoms with van der Waals surface area (Å²) in [6.45, 7) is 5.77. The minimum absolute atomic E-state index is 0.572. The third kappa shape index (κ3) is 1.36. The van der Waals surface area contributed by atoms with Crippen molar-refractivity contribution < 1.29 is 0 Å². The van der Waals surface area contributed by atoms with Crippen LogP contribution >= 0.6 is 23.5 Å². The largest absolute Gasteiger partial charge is 0.371 e. The van der Waals surface area contributed by atoms with Crippen LogP contribution < -0.4 is 5.32 Å². The van der Waals surface area contributed by atoms with Crippen LogP contribution in [0.1, 0.15) is 6.92 Å². The van der Waals surface area contributed by atoms with Gasteiger partial charge in [-0.2, -0.15) is 0 Å². The summed E-state index contributed by atoms with van der Waals surface area (Å²) in [5.41, 5.74) is 0. The van der Waals surface area contributed by atoms with Gasteiger partial charge in [-0.15, -0.1) is 23.5 Å². The summed E-state index contributed by atoms with van der Waals surface area (Å²) in [6.07, 6.45) is 1.75. The second-order valence-corrected chi connectivity index (χ2v) is 5.04. The Kier molecular flexibility index (Phi) is 2.14. The molecule has 0 aromatic carbocycles. The minimum atomic E-state index is 0.572. The predicted molar refractivity (Wildman–Crippen MR) is 41.8 cm³/mol.